The minimum Gasteiger partial charge on any atom is -0.490 e. The Hall–Kier alpha value is -3.37. The van der Waals surface area contributed by atoms with Gasteiger partial charge in [-0.25, -0.2) is 9.97 Å². The van der Waals surface area contributed by atoms with Gasteiger partial charge in [-0.05, 0) is 63.6 Å². The lowest BCUT2D eigenvalue weighted by molar-refractivity contribution is -0.137. The van der Waals surface area contributed by atoms with Crippen molar-refractivity contribution in [3.8, 4) is 17.0 Å². The maximum atomic E-state index is 13.8. The number of fused-ring (bicyclic) bond motifs is 1. The highest BCUT2D eigenvalue weighted by molar-refractivity contribution is 5.92. The highest BCUT2D eigenvalue weighted by atomic mass is 19.4. The molecule has 2 fully saturated rings. The SMILES string of the molecule is CCC(=O)NC1CCC(c2nc(-c3cc(C(F)(F)F)ccc3OC3CC3)c3c(n2)C(C(=O)NC)C(C)N3)CC1. The highest BCUT2D eigenvalue weighted by Gasteiger charge is 2.41. The zero-order valence-corrected chi connectivity index (χ0v) is 22.3. The van der Waals surface area contributed by atoms with Crippen LogP contribution in [0.3, 0.4) is 0 Å². The molecule has 2 saturated carbocycles. The van der Waals surface area contributed by atoms with Gasteiger partial charge in [-0.1, -0.05) is 6.92 Å². The normalized spacial score (nSPS) is 24.5. The Bertz CT molecular complexity index is 1260. The molecule has 3 N–H and O–H groups in total. The highest BCUT2D eigenvalue weighted by Crippen LogP contribution is 2.47. The molecular weight excluding hydrogens is 511 g/mol. The second kappa shape index (κ2) is 10.7. The fraction of sp³-hybridized carbons (Fsp3) is 0.571. The van der Waals surface area contributed by atoms with E-state index in [9.17, 15) is 22.8 Å². The van der Waals surface area contributed by atoms with Crippen molar-refractivity contribution < 1.29 is 27.5 Å². The van der Waals surface area contributed by atoms with Crippen molar-refractivity contribution in [2.75, 3.05) is 12.4 Å². The molecule has 1 aromatic carbocycles. The van der Waals surface area contributed by atoms with Crippen LogP contribution in [0.25, 0.3) is 11.3 Å². The van der Waals surface area contributed by atoms with Gasteiger partial charge in [0, 0.05) is 37.0 Å². The molecule has 0 bridgehead atoms. The average molecular weight is 546 g/mol. The molecule has 2 atom stereocenters. The standard InChI is InChI=1S/C28H34F3N5O3/c1-4-21(37)34-17-8-5-15(6-9-17)26-35-23(25-24(36-26)22(14(2)33-25)27(38)32-3)19-13-16(28(29,30)31)7-12-20(19)39-18-10-11-18/h7,12-15,17-18,22,33H,4-6,8-11H2,1-3H3,(H,32,38)(H,34,37). The van der Waals surface area contributed by atoms with Crippen molar-refractivity contribution in [3.63, 3.8) is 0 Å². The number of nitrogens with one attached hydrogen (secondary N) is 3. The molecule has 0 saturated heterocycles. The number of hydrogen-bond donors (Lipinski definition) is 3. The van der Waals surface area contributed by atoms with Gasteiger partial charge < -0.3 is 20.7 Å². The van der Waals surface area contributed by atoms with Gasteiger partial charge in [0.05, 0.1) is 23.0 Å². The first-order chi connectivity index (χ1) is 18.6. The summed E-state index contributed by atoms with van der Waals surface area (Å²) in [6, 6.07) is 3.22. The summed E-state index contributed by atoms with van der Waals surface area (Å²) in [4.78, 5) is 34.5. The number of likely N-dealkylation sites (N-methyl/N-ethyl adjacent to an activating group) is 1. The predicted molar refractivity (Wildman–Crippen MR) is 139 cm³/mol. The molecule has 0 radical (unpaired) electrons. The molecule has 3 aliphatic rings. The van der Waals surface area contributed by atoms with E-state index in [0.29, 0.717) is 47.9 Å². The van der Waals surface area contributed by atoms with Gasteiger partial charge in [-0.3, -0.25) is 9.59 Å². The molecule has 2 amide bonds. The Kier molecular flexibility index (Phi) is 7.43. The van der Waals surface area contributed by atoms with Crippen LogP contribution in [-0.2, 0) is 15.8 Å². The number of hydrogen-bond acceptors (Lipinski definition) is 6. The van der Waals surface area contributed by atoms with Crippen LogP contribution < -0.4 is 20.7 Å². The van der Waals surface area contributed by atoms with Crippen LogP contribution in [0, 0.1) is 0 Å². The van der Waals surface area contributed by atoms with Crippen molar-refractivity contribution in [2.45, 2.75) is 95.0 Å². The molecular formula is C28H34F3N5O3. The van der Waals surface area contributed by atoms with Gasteiger partial charge in [0.15, 0.2) is 0 Å². The van der Waals surface area contributed by atoms with Crippen LogP contribution in [0.15, 0.2) is 18.2 Å². The minimum atomic E-state index is -4.54. The molecule has 2 unspecified atom stereocenters. The van der Waals surface area contributed by atoms with E-state index in [1.165, 1.54) is 6.07 Å². The molecule has 2 aliphatic carbocycles. The van der Waals surface area contributed by atoms with Crippen molar-refractivity contribution in [2.24, 2.45) is 0 Å². The van der Waals surface area contributed by atoms with E-state index in [1.807, 2.05) is 13.8 Å². The Morgan fingerprint density at radius 3 is 2.44 bits per heavy atom. The third-order valence-electron chi connectivity index (χ3n) is 7.81. The van der Waals surface area contributed by atoms with E-state index in [1.54, 1.807) is 7.05 Å². The summed E-state index contributed by atoms with van der Waals surface area (Å²) in [5.74, 6) is -0.0534. The Balaban J connectivity index is 1.59. The van der Waals surface area contributed by atoms with Crippen LogP contribution in [0.5, 0.6) is 5.75 Å². The summed E-state index contributed by atoms with van der Waals surface area (Å²) in [5, 5.41) is 9.01. The fourth-order valence-corrected chi connectivity index (χ4v) is 5.48. The number of benzene rings is 1. The number of anilines is 1. The maximum absolute atomic E-state index is 13.8. The average Bonchev–Trinajstić information content (AvgIpc) is 3.67. The number of amides is 2. The largest absolute Gasteiger partial charge is 0.490 e. The van der Waals surface area contributed by atoms with Gasteiger partial charge in [-0.2, -0.15) is 13.2 Å². The monoisotopic (exact) mass is 545 g/mol. The zero-order valence-electron chi connectivity index (χ0n) is 22.3. The number of carbonyl (C=O) groups excluding carboxylic acids is 2. The summed E-state index contributed by atoms with van der Waals surface area (Å²) in [6.07, 6.45) is 0.471. The van der Waals surface area contributed by atoms with Crippen molar-refractivity contribution in [3.05, 3.63) is 35.3 Å². The number of halogens is 3. The molecule has 1 aliphatic heterocycles. The van der Waals surface area contributed by atoms with Crippen LogP contribution in [0.1, 0.15) is 87.7 Å². The fourth-order valence-electron chi connectivity index (χ4n) is 5.48. The van der Waals surface area contributed by atoms with Gasteiger partial charge in [0.1, 0.15) is 23.2 Å². The summed E-state index contributed by atoms with van der Waals surface area (Å²) in [5.41, 5.74) is 0.701. The minimum absolute atomic E-state index is 0.00994. The Morgan fingerprint density at radius 2 is 1.82 bits per heavy atom. The third kappa shape index (κ3) is 5.67. The van der Waals surface area contributed by atoms with Crippen molar-refractivity contribution in [1.29, 1.82) is 0 Å². The van der Waals surface area contributed by atoms with E-state index in [2.05, 4.69) is 16.0 Å². The summed E-state index contributed by atoms with van der Waals surface area (Å²) in [6.45, 7) is 3.66. The van der Waals surface area contributed by atoms with E-state index in [-0.39, 0.29) is 41.5 Å². The number of alkyl halides is 3. The second-order valence-corrected chi connectivity index (χ2v) is 10.7. The number of carbonyl (C=O) groups is 2. The number of ether oxygens (including phenoxy) is 1. The van der Waals surface area contributed by atoms with E-state index < -0.39 is 17.7 Å². The first kappa shape index (κ1) is 27.2. The Morgan fingerprint density at radius 1 is 1.10 bits per heavy atom. The van der Waals surface area contributed by atoms with Gasteiger partial charge >= 0.3 is 6.18 Å². The van der Waals surface area contributed by atoms with E-state index in [4.69, 9.17) is 14.7 Å². The maximum Gasteiger partial charge on any atom is 0.416 e. The van der Waals surface area contributed by atoms with Gasteiger partial charge in [0.25, 0.3) is 0 Å². The molecule has 8 nitrogen and oxygen atoms in total. The predicted octanol–water partition coefficient (Wildman–Crippen LogP) is 4.90. The van der Waals surface area contributed by atoms with Crippen molar-refractivity contribution in [1.82, 2.24) is 20.6 Å². The first-order valence-electron chi connectivity index (χ1n) is 13.7. The van der Waals surface area contributed by atoms with Crippen molar-refractivity contribution >= 4 is 17.5 Å². The smallest absolute Gasteiger partial charge is 0.416 e. The molecule has 210 valence electrons. The topological polar surface area (TPSA) is 105 Å². The van der Waals surface area contributed by atoms with Crippen LogP contribution in [-0.4, -0.2) is 47.0 Å². The molecule has 39 heavy (non-hydrogen) atoms. The van der Waals surface area contributed by atoms with E-state index in [0.717, 1.165) is 37.8 Å². The molecule has 2 aromatic rings. The molecule has 11 heteroatoms. The lowest BCUT2D eigenvalue weighted by Gasteiger charge is -2.29. The van der Waals surface area contributed by atoms with Crippen LogP contribution in [0.2, 0.25) is 0 Å². The Labute approximate surface area is 225 Å². The molecule has 2 heterocycles. The molecule has 1 aromatic heterocycles. The lowest BCUT2D eigenvalue weighted by Crippen LogP contribution is -2.37. The summed E-state index contributed by atoms with van der Waals surface area (Å²) < 4.78 is 47.4. The number of nitrogens with zero attached hydrogens (tertiary/aromatic N) is 2. The molecule has 0 spiro atoms. The second-order valence-electron chi connectivity index (χ2n) is 10.7. The number of aromatic nitrogens is 2. The molecule has 5 rings (SSSR count). The zero-order chi connectivity index (χ0) is 27.9. The van der Waals surface area contributed by atoms with E-state index >= 15 is 0 Å². The summed E-state index contributed by atoms with van der Waals surface area (Å²) >= 11 is 0. The van der Waals surface area contributed by atoms with Crippen LogP contribution >= 0.6 is 0 Å². The number of rotatable bonds is 7. The lowest BCUT2D eigenvalue weighted by atomic mass is 9.85. The summed E-state index contributed by atoms with van der Waals surface area (Å²) in [7, 11) is 1.55. The van der Waals surface area contributed by atoms with Gasteiger partial charge in [0.2, 0.25) is 11.8 Å². The van der Waals surface area contributed by atoms with Crippen LogP contribution in [0.4, 0.5) is 18.9 Å². The quantitative estimate of drug-likeness (QED) is 0.457. The van der Waals surface area contributed by atoms with Gasteiger partial charge in [-0.15, -0.1) is 0 Å². The third-order valence-corrected chi connectivity index (χ3v) is 7.81. The first-order valence-corrected chi connectivity index (χ1v) is 13.7.